The van der Waals surface area contributed by atoms with Crippen LogP contribution < -0.4 is 10.2 Å². The molecule has 1 amide bonds. The minimum absolute atomic E-state index is 0.0576. The van der Waals surface area contributed by atoms with Crippen LogP contribution in [0.1, 0.15) is 23.1 Å². The quantitative estimate of drug-likeness (QED) is 0.499. The van der Waals surface area contributed by atoms with E-state index in [-0.39, 0.29) is 23.0 Å². The van der Waals surface area contributed by atoms with Gasteiger partial charge in [0, 0.05) is 5.41 Å². The predicted molar refractivity (Wildman–Crippen MR) is 112 cm³/mol. The second-order valence-corrected chi connectivity index (χ2v) is 7.13. The van der Waals surface area contributed by atoms with E-state index in [9.17, 15) is 9.90 Å². The summed E-state index contributed by atoms with van der Waals surface area (Å²) in [6.07, 6.45) is 2.28. The summed E-state index contributed by atoms with van der Waals surface area (Å²) in [5.41, 5.74) is 5.34. The van der Waals surface area contributed by atoms with E-state index in [1.807, 2.05) is 36.4 Å². The third-order valence-corrected chi connectivity index (χ3v) is 5.45. The fraction of sp³-hybridized carbons (Fsp3) is 0.167. The summed E-state index contributed by atoms with van der Waals surface area (Å²) in [6, 6.07) is 25.2. The second-order valence-electron chi connectivity index (χ2n) is 7.13. The summed E-state index contributed by atoms with van der Waals surface area (Å²) in [5, 5.41) is 13.8. The fourth-order valence-corrected chi connectivity index (χ4v) is 3.88. The Hall–Kier alpha value is -3.60. The maximum absolute atomic E-state index is 12.8. The highest BCUT2D eigenvalue weighted by atomic mass is 16.5. The molecule has 0 aromatic heterocycles. The Kier molecular flexibility index (Phi) is 5.04. The van der Waals surface area contributed by atoms with Gasteiger partial charge in [0.25, 0.3) is 0 Å². The van der Waals surface area contributed by atoms with Crippen molar-refractivity contribution in [3.63, 3.8) is 0 Å². The standard InChI is InChI=1S/C24H22N2O3/c1-29-22-14-17(12-13-21(22)27)16-25-26-23(28)20-15-24(20,18-8-4-2-5-9-18)19-10-6-3-7-11-19/h2-14,16,20,27H,15H2,1H3,(H,26,28)/b25-16-/t20-/m0/s1. The number of phenols is 1. The first kappa shape index (κ1) is 18.7. The molecular formula is C24H22N2O3. The summed E-state index contributed by atoms with van der Waals surface area (Å²) in [4.78, 5) is 12.8. The van der Waals surface area contributed by atoms with Crippen molar-refractivity contribution in [3.05, 3.63) is 95.6 Å². The number of nitrogens with one attached hydrogen (secondary N) is 1. The largest absolute Gasteiger partial charge is 0.504 e. The van der Waals surface area contributed by atoms with Crippen molar-refractivity contribution in [1.82, 2.24) is 5.43 Å². The van der Waals surface area contributed by atoms with E-state index < -0.39 is 0 Å². The van der Waals surface area contributed by atoms with Crippen molar-refractivity contribution >= 4 is 12.1 Å². The number of phenolic OH excluding ortho intramolecular Hbond substituents is 1. The zero-order chi connectivity index (χ0) is 20.3. The maximum Gasteiger partial charge on any atom is 0.244 e. The minimum Gasteiger partial charge on any atom is -0.504 e. The molecule has 2 N–H and O–H groups in total. The molecule has 1 aliphatic carbocycles. The van der Waals surface area contributed by atoms with Crippen LogP contribution in [0.4, 0.5) is 0 Å². The first-order valence-electron chi connectivity index (χ1n) is 9.46. The Labute approximate surface area is 169 Å². The van der Waals surface area contributed by atoms with E-state index >= 15 is 0 Å². The van der Waals surface area contributed by atoms with Crippen molar-refractivity contribution in [1.29, 1.82) is 0 Å². The molecule has 3 aromatic rings. The number of hydrazone groups is 1. The molecule has 3 aromatic carbocycles. The van der Waals surface area contributed by atoms with Gasteiger partial charge in [-0.2, -0.15) is 5.10 Å². The van der Waals surface area contributed by atoms with Gasteiger partial charge in [-0.1, -0.05) is 60.7 Å². The highest BCUT2D eigenvalue weighted by molar-refractivity contribution is 5.88. The summed E-state index contributed by atoms with van der Waals surface area (Å²) < 4.78 is 5.09. The van der Waals surface area contributed by atoms with Crippen molar-refractivity contribution in [2.45, 2.75) is 11.8 Å². The molecule has 0 unspecified atom stereocenters. The summed E-state index contributed by atoms with van der Waals surface area (Å²) in [7, 11) is 1.48. The highest BCUT2D eigenvalue weighted by Crippen LogP contribution is 2.58. The molecule has 4 rings (SSSR count). The Balaban J connectivity index is 1.52. The number of benzene rings is 3. The molecule has 1 atom stereocenters. The number of rotatable bonds is 6. The van der Waals surface area contributed by atoms with Gasteiger partial charge in [-0.15, -0.1) is 0 Å². The van der Waals surface area contributed by atoms with Gasteiger partial charge in [0.1, 0.15) is 0 Å². The number of methoxy groups -OCH3 is 1. The van der Waals surface area contributed by atoms with Crippen molar-refractivity contribution in [2.24, 2.45) is 11.0 Å². The molecule has 1 fully saturated rings. The van der Waals surface area contributed by atoms with Crippen LogP contribution in [-0.4, -0.2) is 24.3 Å². The van der Waals surface area contributed by atoms with Gasteiger partial charge in [-0.05, 0) is 41.3 Å². The molecule has 0 aliphatic heterocycles. The third kappa shape index (κ3) is 3.59. The number of carbonyl (C=O) groups excluding carboxylic acids is 1. The van der Waals surface area contributed by atoms with E-state index in [4.69, 9.17) is 4.74 Å². The zero-order valence-corrected chi connectivity index (χ0v) is 16.1. The number of hydrogen-bond donors (Lipinski definition) is 2. The first-order chi connectivity index (χ1) is 14.1. The number of ether oxygens (including phenoxy) is 1. The van der Waals surface area contributed by atoms with Gasteiger partial charge in [0.15, 0.2) is 11.5 Å². The average Bonchev–Trinajstić information content (AvgIpc) is 3.53. The van der Waals surface area contributed by atoms with Crippen molar-refractivity contribution in [2.75, 3.05) is 7.11 Å². The van der Waals surface area contributed by atoms with Crippen LogP contribution in [-0.2, 0) is 10.2 Å². The number of nitrogens with zero attached hydrogens (tertiary/aromatic N) is 1. The van der Waals surface area contributed by atoms with Gasteiger partial charge < -0.3 is 9.84 Å². The second kappa shape index (κ2) is 7.80. The molecule has 1 saturated carbocycles. The number of carbonyl (C=O) groups is 1. The molecule has 5 nitrogen and oxygen atoms in total. The van der Waals surface area contributed by atoms with E-state index in [0.29, 0.717) is 11.3 Å². The average molecular weight is 386 g/mol. The van der Waals surface area contributed by atoms with Crippen LogP contribution in [0, 0.1) is 5.92 Å². The van der Waals surface area contributed by atoms with E-state index in [1.54, 1.807) is 12.1 Å². The Morgan fingerprint density at radius 2 is 1.69 bits per heavy atom. The van der Waals surface area contributed by atoms with Gasteiger partial charge in [0.2, 0.25) is 5.91 Å². The fourth-order valence-electron chi connectivity index (χ4n) is 3.88. The SMILES string of the molecule is COc1cc(/C=N\NC(=O)[C@@H]2CC2(c2ccccc2)c2ccccc2)ccc1O. The van der Waals surface area contributed by atoms with Crippen molar-refractivity contribution < 1.29 is 14.6 Å². The number of hydrogen-bond acceptors (Lipinski definition) is 4. The van der Waals surface area contributed by atoms with Crippen LogP contribution in [0.5, 0.6) is 11.5 Å². The Morgan fingerprint density at radius 1 is 1.07 bits per heavy atom. The lowest BCUT2D eigenvalue weighted by Crippen LogP contribution is -2.25. The van der Waals surface area contributed by atoms with Crippen LogP contribution >= 0.6 is 0 Å². The molecule has 0 bridgehead atoms. The van der Waals surface area contributed by atoms with Crippen LogP contribution in [0.15, 0.2) is 84.0 Å². The molecule has 146 valence electrons. The Morgan fingerprint density at radius 3 is 2.28 bits per heavy atom. The lowest BCUT2D eigenvalue weighted by atomic mass is 9.85. The topological polar surface area (TPSA) is 70.9 Å². The smallest absolute Gasteiger partial charge is 0.244 e. The molecular weight excluding hydrogens is 364 g/mol. The van der Waals surface area contributed by atoms with Crippen molar-refractivity contribution in [3.8, 4) is 11.5 Å². The lowest BCUT2D eigenvalue weighted by molar-refractivity contribution is -0.122. The molecule has 0 heterocycles. The summed E-state index contributed by atoms with van der Waals surface area (Å²) in [5.74, 6) is 0.121. The van der Waals surface area contributed by atoms with Gasteiger partial charge >= 0.3 is 0 Å². The molecule has 29 heavy (non-hydrogen) atoms. The van der Waals surface area contributed by atoms with Crippen LogP contribution in [0.25, 0.3) is 0 Å². The summed E-state index contributed by atoms with van der Waals surface area (Å²) in [6.45, 7) is 0. The van der Waals surface area contributed by atoms with E-state index in [0.717, 1.165) is 17.5 Å². The molecule has 1 aliphatic rings. The van der Waals surface area contributed by atoms with Gasteiger partial charge in [-0.25, -0.2) is 5.43 Å². The normalized spacial score (nSPS) is 17.1. The molecule has 0 spiro atoms. The molecule has 0 saturated heterocycles. The van der Waals surface area contributed by atoms with E-state index in [1.165, 1.54) is 19.4 Å². The van der Waals surface area contributed by atoms with E-state index in [2.05, 4.69) is 34.8 Å². The number of aromatic hydroxyl groups is 1. The lowest BCUT2D eigenvalue weighted by Gasteiger charge is -2.18. The molecule has 0 radical (unpaired) electrons. The zero-order valence-electron chi connectivity index (χ0n) is 16.1. The van der Waals surface area contributed by atoms with Gasteiger partial charge in [-0.3, -0.25) is 4.79 Å². The third-order valence-electron chi connectivity index (χ3n) is 5.45. The predicted octanol–water partition coefficient (Wildman–Crippen LogP) is 3.86. The van der Waals surface area contributed by atoms with Gasteiger partial charge in [0.05, 0.1) is 19.2 Å². The van der Waals surface area contributed by atoms with Crippen LogP contribution in [0.2, 0.25) is 0 Å². The minimum atomic E-state index is -0.316. The highest BCUT2D eigenvalue weighted by Gasteiger charge is 2.60. The first-order valence-corrected chi connectivity index (χ1v) is 9.46. The number of amides is 1. The monoisotopic (exact) mass is 386 g/mol. The van der Waals surface area contributed by atoms with Crippen LogP contribution in [0.3, 0.4) is 0 Å². The summed E-state index contributed by atoms with van der Waals surface area (Å²) >= 11 is 0. The molecule has 5 heteroatoms. The Bertz CT molecular complexity index is 993. The maximum atomic E-state index is 12.8.